The summed E-state index contributed by atoms with van der Waals surface area (Å²) in [7, 11) is 0. The fraction of sp³-hybridized carbons (Fsp3) is 0.467. The maximum absolute atomic E-state index is 12.8. The van der Waals surface area contributed by atoms with Gasteiger partial charge in [0.1, 0.15) is 5.82 Å². The predicted octanol–water partition coefficient (Wildman–Crippen LogP) is 3.02. The molecule has 0 aliphatic carbocycles. The van der Waals surface area contributed by atoms with Crippen LogP contribution in [0.15, 0.2) is 30.6 Å². The lowest BCUT2D eigenvalue weighted by atomic mass is 10.1. The maximum atomic E-state index is 12.8. The summed E-state index contributed by atoms with van der Waals surface area (Å²) in [5.74, 6) is -0.348. The molecule has 2 aromatic heterocycles. The summed E-state index contributed by atoms with van der Waals surface area (Å²) in [6.45, 7) is 4.31. The van der Waals surface area contributed by atoms with Crippen LogP contribution >= 0.6 is 0 Å². The van der Waals surface area contributed by atoms with Crippen molar-refractivity contribution in [3.8, 4) is 0 Å². The van der Waals surface area contributed by atoms with Gasteiger partial charge >= 0.3 is 0 Å². The Kier molecular flexibility index (Phi) is 4.84. The molecule has 0 aromatic carbocycles. The average molecular weight is 276 g/mol. The van der Waals surface area contributed by atoms with Crippen LogP contribution in [0, 0.1) is 5.82 Å². The van der Waals surface area contributed by atoms with Crippen LogP contribution in [-0.4, -0.2) is 14.8 Å². The lowest BCUT2D eigenvalue weighted by molar-refractivity contribution is 0.424. The van der Waals surface area contributed by atoms with E-state index in [4.69, 9.17) is 5.73 Å². The molecule has 5 heteroatoms. The van der Waals surface area contributed by atoms with Crippen molar-refractivity contribution in [2.24, 2.45) is 5.73 Å². The molecule has 0 bridgehead atoms. The highest BCUT2D eigenvalue weighted by molar-refractivity contribution is 5.13. The molecule has 0 radical (unpaired) electrons. The Hall–Kier alpha value is -1.75. The van der Waals surface area contributed by atoms with Crippen molar-refractivity contribution in [3.05, 3.63) is 47.8 Å². The maximum Gasteiger partial charge on any atom is 0.141 e. The van der Waals surface area contributed by atoms with E-state index in [0.717, 1.165) is 18.5 Å². The van der Waals surface area contributed by atoms with E-state index in [-0.39, 0.29) is 11.9 Å². The number of hydrogen-bond acceptors (Lipinski definition) is 3. The van der Waals surface area contributed by atoms with Crippen molar-refractivity contribution in [2.45, 2.75) is 45.2 Å². The number of aromatic nitrogens is 3. The Morgan fingerprint density at radius 1 is 1.25 bits per heavy atom. The molecule has 0 saturated heterocycles. The van der Waals surface area contributed by atoms with Crippen LogP contribution in [0.1, 0.15) is 50.2 Å². The van der Waals surface area contributed by atoms with Crippen LogP contribution < -0.4 is 5.73 Å². The summed E-state index contributed by atoms with van der Waals surface area (Å²) in [6.07, 6.45) is 5.91. The highest BCUT2D eigenvalue weighted by Gasteiger charge is 2.13. The minimum Gasteiger partial charge on any atom is -0.322 e. The highest BCUT2D eigenvalue weighted by atomic mass is 19.1. The largest absolute Gasteiger partial charge is 0.322 e. The van der Waals surface area contributed by atoms with Gasteiger partial charge in [0.25, 0.3) is 0 Å². The van der Waals surface area contributed by atoms with E-state index in [9.17, 15) is 4.39 Å². The van der Waals surface area contributed by atoms with E-state index in [1.807, 2.05) is 16.9 Å². The van der Waals surface area contributed by atoms with Gasteiger partial charge in [-0.2, -0.15) is 5.10 Å². The minimum atomic E-state index is -0.348. The number of hydrogen-bond donors (Lipinski definition) is 1. The Labute approximate surface area is 118 Å². The zero-order valence-electron chi connectivity index (χ0n) is 12.0. The van der Waals surface area contributed by atoms with Crippen LogP contribution in [0.5, 0.6) is 0 Å². The third-order valence-corrected chi connectivity index (χ3v) is 3.54. The van der Waals surface area contributed by atoms with Crippen molar-refractivity contribution in [1.29, 1.82) is 0 Å². The van der Waals surface area contributed by atoms with Crippen LogP contribution in [0.2, 0.25) is 0 Å². The van der Waals surface area contributed by atoms with Gasteiger partial charge in [0.15, 0.2) is 0 Å². The molecule has 1 unspecified atom stereocenters. The van der Waals surface area contributed by atoms with Gasteiger partial charge < -0.3 is 5.73 Å². The quantitative estimate of drug-likeness (QED) is 0.882. The Morgan fingerprint density at radius 2 is 2.00 bits per heavy atom. The van der Waals surface area contributed by atoms with Gasteiger partial charge in [0.05, 0.1) is 29.7 Å². The molecule has 2 rings (SSSR count). The zero-order valence-corrected chi connectivity index (χ0v) is 12.0. The van der Waals surface area contributed by atoms with Crippen LogP contribution in [0.25, 0.3) is 0 Å². The van der Waals surface area contributed by atoms with Crippen molar-refractivity contribution >= 4 is 0 Å². The van der Waals surface area contributed by atoms with Gasteiger partial charge in [0.2, 0.25) is 0 Å². The molecule has 4 nitrogen and oxygen atoms in total. The fourth-order valence-corrected chi connectivity index (χ4v) is 2.29. The van der Waals surface area contributed by atoms with Crippen molar-refractivity contribution < 1.29 is 4.39 Å². The second-order valence-corrected chi connectivity index (χ2v) is 4.97. The van der Waals surface area contributed by atoms with E-state index < -0.39 is 0 Å². The van der Waals surface area contributed by atoms with Crippen LogP contribution in [0.3, 0.4) is 0 Å². The first-order chi connectivity index (χ1) is 9.63. The molecule has 20 heavy (non-hydrogen) atoms. The van der Waals surface area contributed by atoms with Gasteiger partial charge in [-0.25, -0.2) is 4.39 Å². The van der Waals surface area contributed by atoms with E-state index in [1.165, 1.54) is 12.3 Å². The van der Waals surface area contributed by atoms with E-state index in [1.54, 1.807) is 6.07 Å². The number of pyridine rings is 1. The summed E-state index contributed by atoms with van der Waals surface area (Å²) in [5.41, 5.74) is 7.72. The first-order valence-corrected chi connectivity index (χ1v) is 7.05. The first kappa shape index (κ1) is 14.7. The Balaban J connectivity index is 2.04. The Morgan fingerprint density at radius 3 is 2.60 bits per heavy atom. The zero-order chi connectivity index (χ0) is 14.5. The average Bonchev–Trinajstić information content (AvgIpc) is 2.89. The molecule has 0 amide bonds. The normalized spacial score (nSPS) is 12.8. The van der Waals surface area contributed by atoms with Gasteiger partial charge in [-0.1, -0.05) is 13.8 Å². The highest BCUT2D eigenvalue weighted by Crippen LogP contribution is 2.17. The van der Waals surface area contributed by atoms with E-state index >= 15 is 0 Å². The number of rotatable bonds is 6. The molecule has 1 atom stereocenters. The topological polar surface area (TPSA) is 56.7 Å². The summed E-state index contributed by atoms with van der Waals surface area (Å²) < 4.78 is 14.8. The molecule has 0 spiro atoms. The monoisotopic (exact) mass is 276 g/mol. The fourth-order valence-electron chi connectivity index (χ4n) is 2.29. The van der Waals surface area contributed by atoms with Gasteiger partial charge in [-0.15, -0.1) is 0 Å². The number of nitrogens with two attached hydrogens (primary N) is 1. The summed E-state index contributed by atoms with van der Waals surface area (Å²) >= 11 is 0. The second-order valence-electron chi connectivity index (χ2n) is 4.97. The third-order valence-electron chi connectivity index (χ3n) is 3.54. The van der Waals surface area contributed by atoms with E-state index in [2.05, 4.69) is 23.9 Å². The summed E-state index contributed by atoms with van der Waals surface area (Å²) in [6, 6.07) is 5.16. The molecule has 2 heterocycles. The SMILES string of the molecule is CCC(CC)n1ccc(CC(N)c2ccc(F)cn2)n1. The lowest BCUT2D eigenvalue weighted by Gasteiger charge is -2.13. The molecule has 108 valence electrons. The second kappa shape index (κ2) is 6.61. The van der Waals surface area contributed by atoms with Gasteiger partial charge in [0, 0.05) is 12.6 Å². The molecule has 0 aliphatic heterocycles. The number of halogens is 1. The van der Waals surface area contributed by atoms with Crippen LogP contribution in [0.4, 0.5) is 4.39 Å². The predicted molar refractivity (Wildman–Crippen MR) is 76.7 cm³/mol. The third kappa shape index (κ3) is 3.42. The summed E-state index contributed by atoms with van der Waals surface area (Å²) in [4.78, 5) is 4.01. The van der Waals surface area contributed by atoms with Crippen molar-refractivity contribution in [3.63, 3.8) is 0 Å². The molecular formula is C15H21FN4. The Bertz CT molecular complexity index is 531. The lowest BCUT2D eigenvalue weighted by Crippen LogP contribution is -2.16. The molecular weight excluding hydrogens is 255 g/mol. The van der Waals surface area contributed by atoms with E-state index in [0.29, 0.717) is 18.2 Å². The molecule has 0 aliphatic rings. The van der Waals surface area contributed by atoms with Crippen molar-refractivity contribution in [2.75, 3.05) is 0 Å². The van der Waals surface area contributed by atoms with Gasteiger partial charge in [-0.3, -0.25) is 9.67 Å². The minimum absolute atomic E-state index is 0.263. The van der Waals surface area contributed by atoms with Gasteiger partial charge in [-0.05, 0) is 31.0 Å². The van der Waals surface area contributed by atoms with Crippen molar-refractivity contribution in [1.82, 2.24) is 14.8 Å². The van der Waals surface area contributed by atoms with Crippen LogP contribution in [-0.2, 0) is 6.42 Å². The summed E-state index contributed by atoms with van der Waals surface area (Å²) in [5, 5.41) is 4.57. The number of nitrogens with zero attached hydrogens (tertiary/aromatic N) is 3. The molecule has 0 fully saturated rings. The molecule has 0 saturated carbocycles. The first-order valence-electron chi connectivity index (χ1n) is 7.05. The molecule has 2 aromatic rings. The molecule has 2 N–H and O–H groups in total. The standard InChI is InChI=1S/C15H21FN4/c1-3-13(4-2)20-8-7-12(19-20)9-14(17)15-6-5-11(16)10-18-15/h5-8,10,13-14H,3-4,9,17H2,1-2H3. The smallest absolute Gasteiger partial charge is 0.141 e.